The van der Waals surface area contributed by atoms with Gasteiger partial charge in [-0.05, 0) is 19.4 Å². The van der Waals surface area contributed by atoms with Crippen molar-refractivity contribution in [1.82, 2.24) is 5.32 Å². The van der Waals surface area contributed by atoms with Crippen LogP contribution in [0.5, 0.6) is 0 Å². The second kappa shape index (κ2) is 7.37. The molecule has 0 amide bonds. The van der Waals surface area contributed by atoms with E-state index in [1.165, 1.54) is 0 Å². The van der Waals surface area contributed by atoms with Crippen molar-refractivity contribution in [2.75, 3.05) is 6.54 Å². The summed E-state index contributed by atoms with van der Waals surface area (Å²) in [6.07, 6.45) is 10.0. The van der Waals surface area contributed by atoms with Crippen LogP contribution in [0.4, 0.5) is 0 Å². The molecular weight excluding hydrogens is 134 g/mol. The molecule has 1 heteroatoms. The molecule has 0 spiro atoms. The normalized spacial score (nSPS) is 12.0. The zero-order valence-corrected chi connectivity index (χ0v) is 7.27. The van der Waals surface area contributed by atoms with E-state index in [2.05, 4.69) is 24.7 Å². The summed E-state index contributed by atoms with van der Waals surface area (Å²) in [6.45, 7) is 6.87. The highest BCUT2D eigenvalue weighted by Gasteiger charge is 2.01. The van der Waals surface area contributed by atoms with Gasteiger partial charge in [0.25, 0.3) is 0 Å². The minimum atomic E-state index is 0.428. The first-order valence-corrected chi connectivity index (χ1v) is 4.12. The predicted octanol–water partition coefficient (Wildman–Crippen LogP) is 1.95. The fourth-order valence-corrected chi connectivity index (χ4v) is 0.931. The largest absolute Gasteiger partial charge is 0.313 e. The van der Waals surface area contributed by atoms with Gasteiger partial charge in [0, 0.05) is 12.5 Å². The van der Waals surface area contributed by atoms with E-state index in [4.69, 9.17) is 6.42 Å². The van der Waals surface area contributed by atoms with Crippen LogP contribution < -0.4 is 5.32 Å². The average Bonchev–Trinajstić information content (AvgIpc) is 2.01. The molecule has 0 aliphatic carbocycles. The lowest BCUT2D eigenvalue weighted by atomic mass is 10.1. The van der Waals surface area contributed by atoms with Gasteiger partial charge in [-0.3, -0.25) is 0 Å². The van der Waals surface area contributed by atoms with Crippen molar-refractivity contribution in [3.63, 3.8) is 0 Å². The zero-order valence-electron chi connectivity index (χ0n) is 7.27. The minimum absolute atomic E-state index is 0.428. The van der Waals surface area contributed by atoms with E-state index in [9.17, 15) is 0 Å². The van der Waals surface area contributed by atoms with Gasteiger partial charge < -0.3 is 5.32 Å². The minimum Gasteiger partial charge on any atom is -0.313 e. The van der Waals surface area contributed by atoms with Gasteiger partial charge in [-0.15, -0.1) is 18.9 Å². The molecule has 1 atom stereocenters. The summed E-state index contributed by atoms with van der Waals surface area (Å²) in [5.74, 6) is 2.65. The Morgan fingerprint density at radius 1 is 1.73 bits per heavy atom. The second-order valence-corrected chi connectivity index (χ2v) is 2.58. The molecule has 0 aliphatic rings. The Balaban J connectivity index is 3.52. The summed E-state index contributed by atoms with van der Waals surface area (Å²) in [7, 11) is 0. The van der Waals surface area contributed by atoms with E-state index in [0.29, 0.717) is 6.04 Å². The third-order valence-corrected chi connectivity index (χ3v) is 1.50. The summed E-state index contributed by atoms with van der Waals surface area (Å²) in [6, 6.07) is 0.428. The van der Waals surface area contributed by atoms with Crippen LogP contribution in [-0.4, -0.2) is 12.6 Å². The Morgan fingerprint density at radius 2 is 2.45 bits per heavy atom. The van der Waals surface area contributed by atoms with Crippen molar-refractivity contribution in [1.29, 1.82) is 0 Å². The molecule has 0 heterocycles. The predicted molar refractivity (Wildman–Crippen MR) is 50.3 cm³/mol. The monoisotopic (exact) mass is 151 g/mol. The standard InChI is InChI=1S/C10H17N/c1-4-7-10(8-5-2)11-9-6-3/h1,5,10-11H,2,6-9H2,3H3. The molecule has 1 unspecified atom stereocenters. The number of nitrogens with one attached hydrogen (secondary N) is 1. The van der Waals surface area contributed by atoms with E-state index in [0.717, 1.165) is 25.8 Å². The third kappa shape index (κ3) is 5.69. The van der Waals surface area contributed by atoms with Crippen LogP contribution in [0, 0.1) is 12.3 Å². The smallest absolute Gasteiger partial charge is 0.0243 e. The van der Waals surface area contributed by atoms with Gasteiger partial charge in [-0.2, -0.15) is 0 Å². The molecule has 0 aliphatic heterocycles. The molecule has 62 valence electrons. The highest BCUT2D eigenvalue weighted by molar-refractivity contribution is 4.92. The van der Waals surface area contributed by atoms with Gasteiger partial charge in [0.05, 0.1) is 0 Å². The topological polar surface area (TPSA) is 12.0 Å². The number of hydrogen-bond acceptors (Lipinski definition) is 1. The first-order valence-electron chi connectivity index (χ1n) is 4.12. The Hall–Kier alpha value is -0.740. The van der Waals surface area contributed by atoms with E-state index >= 15 is 0 Å². The first kappa shape index (κ1) is 10.3. The van der Waals surface area contributed by atoms with Crippen molar-refractivity contribution in [3.8, 4) is 12.3 Å². The lowest BCUT2D eigenvalue weighted by Crippen LogP contribution is -2.28. The van der Waals surface area contributed by atoms with Crippen molar-refractivity contribution >= 4 is 0 Å². The van der Waals surface area contributed by atoms with Crippen LogP contribution in [0.1, 0.15) is 26.2 Å². The fraction of sp³-hybridized carbons (Fsp3) is 0.600. The molecule has 0 saturated heterocycles. The molecule has 0 fully saturated rings. The van der Waals surface area contributed by atoms with Gasteiger partial charge in [0.1, 0.15) is 0 Å². The van der Waals surface area contributed by atoms with E-state index in [1.54, 1.807) is 0 Å². The van der Waals surface area contributed by atoms with Gasteiger partial charge >= 0.3 is 0 Å². The van der Waals surface area contributed by atoms with Gasteiger partial charge in [-0.25, -0.2) is 0 Å². The maximum absolute atomic E-state index is 5.21. The molecule has 0 aromatic rings. The molecule has 1 nitrogen and oxygen atoms in total. The van der Waals surface area contributed by atoms with Gasteiger partial charge in [-0.1, -0.05) is 13.0 Å². The van der Waals surface area contributed by atoms with Crippen LogP contribution in [0.3, 0.4) is 0 Å². The molecular formula is C10H17N. The van der Waals surface area contributed by atoms with Gasteiger partial charge in [0.2, 0.25) is 0 Å². The summed E-state index contributed by atoms with van der Waals surface area (Å²) < 4.78 is 0. The first-order chi connectivity index (χ1) is 5.35. The van der Waals surface area contributed by atoms with Crippen molar-refractivity contribution in [2.45, 2.75) is 32.2 Å². The average molecular weight is 151 g/mol. The van der Waals surface area contributed by atoms with Crippen molar-refractivity contribution in [3.05, 3.63) is 12.7 Å². The van der Waals surface area contributed by atoms with Crippen LogP contribution in [0.2, 0.25) is 0 Å². The highest BCUT2D eigenvalue weighted by atomic mass is 14.9. The van der Waals surface area contributed by atoms with Crippen LogP contribution >= 0.6 is 0 Å². The fourth-order valence-electron chi connectivity index (χ4n) is 0.931. The van der Waals surface area contributed by atoms with Crippen LogP contribution in [-0.2, 0) is 0 Å². The van der Waals surface area contributed by atoms with Crippen molar-refractivity contribution in [2.24, 2.45) is 0 Å². The van der Waals surface area contributed by atoms with E-state index in [-0.39, 0.29) is 0 Å². The Kier molecular flexibility index (Phi) is 6.87. The molecule has 0 aromatic carbocycles. The molecule has 0 rings (SSSR count). The molecule has 1 N–H and O–H groups in total. The van der Waals surface area contributed by atoms with Gasteiger partial charge in [0.15, 0.2) is 0 Å². The third-order valence-electron chi connectivity index (χ3n) is 1.50. The summed E-state index contributed by atoms with van der Waals surface area (Å²) in [4.78, 5) is 0. The lowest BCUT2D eigenvalue weighted by Gasteiger charge is -2.12. The number of rotatable bonds is 6. The van der Waals surface area contributed by atoms with E-state index < -0.39 is 0 Å². The molecule has 0 saturated carbocycles. The summed E-state index contributed by atoms with van der Waals surface area (Å²) in [5.41, 5.74) is 0. The summed E-state index contributed by atoms with van der Waals surface area (Å²) in [5, 5.41) is 3.36. The molecule has 11 heavy (non-hydrogen) atoms. The quantitative estimate of drug-likeness (QED) is 0.452. The molecule has 0 radical (unpaired) electrons. The number of terminal acetylenes is 1. The Morgan fingerprint density at radius 3 is 2.91 bits per heavy atom. The van der Waals surface area contributed by atoms with Crippen LogP contribution in [0.25, 0.3) is 0 Å². The van der Waals surface area contributed by atoms with Crippen LogP contribution in [0.15, 0.2) is 12.7 Å². The summed E-state index contributed by atoms with van der Waals surface area (Å²) >= 11 is 0. The Labute approximate surface area is 69.9 Å². The zero-order chi connectivity index (χ0) is 8.53. The second-order valence-electron chi connectivity index (χ2n) is 2.58. The molecule has 0 aromatic heterocycles. The maximum atomic E-state index is 5.21. The van der Waals surface area contributed by atoms with Crippen molar-refractivity contribution < 1.29 is 0 Å². The highest BCUT2D eigenvalue weighted by Crippen LogP contribution is 1.97. The SMILES string of the molecule is C#CCC(CC=C)NCCC. The number of hydrogen-bond donors (Lipinski definition) is 1. The maximum Gasteiger partial charge on any atom is 0.0243 e. The Bertz CT molecular complexity index is 132. The van der Waals surface area contributed by atoms with E-state index in [1.807, 2.05) is 6.08 Å². The molecule has 0 bridgehead atoms. The lowest BCUT2D eigenvalue weighted by molar-refractivity contribution is 0.524.